The first kappa shape index (κ1) is 22.9. The molecule has 0 radical (unpaired) electrons. The lowest BCUT2D eigenvalue weighted by Crippen LogP contribution is -2.14. The minimum atomic E-state index is -0.560. The summed E-state index contributed by atoms with van der Waals surface area (Å²) in [5.74, 6) is 6.71. The molecule has 180 valence electrons. The molecule has 36 heavy (non-hydrogen) atoms. The van der Waals surface area contributed by atoms with E-state index >= 15 is 0 Å². The molecule has 1 fully saturated rings. The second-order valence-corrected chi connectivity index (χ2v) is 11.4. The van der Waals surface area contributed by atoms with E-state index in [1.807, 2.05) is 55.5 Å². The summed E-state index contributed by atoms with van der Waals surface area (Å²) in [6.45, 7) is 2.38. The monoisotopic (exact) mass is 513 g/mol. The molecular weight excluding hydrogens is 490 g/mol. The zero-order valence-electron chi connectivity index (χ0n) is 19.6. The number of thiophene rings is 2. The number of furan rings is 1. The summed E-state index contributed by atoms with van der Waals surface area (Å²) < 4.78 is 12.7. The van der Waals surface area contributed by atoms with Gasteiger partial charge in [0.2, 0.25) is 5.76 Å². The van der Waals surface area contributed by atoms with Gasteiger partial charge in [-0.25, -0.2) is 4.79 Å². The number of amides is 1. The van der Waals surface area contributed by atoms with E-state index in [2.05, 4.69) is 29.3 Å². The van der Waals surface area contributed by atoms with Gasteiger partial charge in [0.05, 0.1) is 15.5 Å². The van der Waals surface area contributed by atoms with Crippen molar-refractivity contribution in [2.75, 3.05) is 11.9 Å². The molecule has 7 heteroatoms. The normalized spacial score (nSPS) is 13.9. The van der Waals surface area contributed by atoms with Crippen LogP contribution in [0.4, 0.5) is 10.5 Å². The van der Waals surface area contributed by atoms with Crippen molar-refractivity contribution < 1.29 is 19.1 Å². The van der Waals surface area contributed by atoms with Gasteiger partial charge < -0.3 is 14.3 Å². The molecule has 2 N–H and O–H groups in total. The molecule has 3 aromatic heterocycles. The van der Waals surface area contributed by atoms with Gasteiger partial charge in [-0.15, -0.1) is 22.7 Å². The summed E-state index contributed by atoms with van der Waals surface area (Å²) in [4.78, 5) is 14.8. The topological polar surface area (TPSA) is 71.7 Å². The van der Waals surface area contributed by atoms with Crippen LogP contribution >= 0.6 is 22.7 Å². The Labute approximate surface area is 216 Å². The molecule has 1 aliphatic carbocycles. The molecule has 0 saturated heterocycles. The summed E-state index contributed by atoms with van der Waals surface area (Å²) in [6.07, 6.45) is 1.55. The van der Waals surface area contributed by atoms with Crippen LogP contribution in [0.25, 0.3) is 20.4 Å². The zero-order chi connectivity index (χ0) is 24.7. The molecule has 3 heterocycles. The van der Waals surface area contributed by atoms with Crippen LogP contribution in [0.15, 0.2) is 65.1 Å². The summed E-state index contributed by atoms with van der Waals surface area (Å²) in [5, 5.41) is 14.5. The smallest absolute Gasteiger partial charge is 0.412 e. The largest absolute Gasteiger partial charge is 0.445 e. The predicted octanol–water partition coefficient (Wildman–Crippen LogP) is 7.19. The third-order valence-electron chi connectivity index (χ3n) is 6.63. The quantitative estimate of drug-likeness (QED) is 0.244. The van der Waals surface area contributed by atoms with E-state index < -0.39 is 6.09 Å². The Morgan fingerprint density at radius 2 is 1.92 bits per heavy atom. The van der Waals surface area contributed by atoms with E-state index in [-0.39, 0.29) is 18.6 Å². The first-order valence-corrected chi connectivity index (χ1v) is 13.3. The van der Waals surface area contributed by atoms with E-state index in [4.69, 9.17) is 9.15 Å². The van der Waals surface area contributed by atoms with Crippen LogP contribution in [-0.4, -0.2) is 17.8 Å². The molecule has 0 spiro atoms. The average molecular weight is 514 g/mol. The molecule has 1 amide bonds. The second-order valence-electron chi connectivity index (χ2n) is 9.08. The maximum atomic E-state index is 12.7. The minimum Gasteiger partial charge on any atom is -0.445 e. The number of aliphatic hydroxyl groups excluding tert-OH is 1. The Morgan fingerprint density at radius 1 is 1.11 bits per heavy atom. The van der Waals surface area contributed by atoms with E-state index in [1.165, 1.54) is 8.89 Å². The molecule has 2 aromatic carbocycles. The van der Waals surface area contributed by atoms with Crippen molar-refractivity contribution in [3.8, 4) is 11.8 Å². The van der Waals surface area contributed by atoms with Crippen LogP contribution in [-0.2, 0) is 16.8 Å². The highest BCUT2D eigenvalue weighted by Gasteiger charge is 2.45. The molecule has 0 atom stereocenters. The number of para-hydroxylation sites is 1. The van der Waals surface area contributed by atoms with E-state index in [0.29, 0.717) is 17.0 Å². The fourth-order valence-electron chi connectivity index (χ4n) is 4.23. The third-order valence-corrected chi connectivity index (χ3v) is 9.19. The van der Waals surface area contributed by atoms with Gasteiger partial charge in [0, 0.05) is 21.1 Å². The highest BCUT2D eigenvalue weighted by molar-refractivity contribution is 7.38. The molecule has 5 nitrogen and oxygen atoms in total. The standard InChI is InChI=1S/C29H23NO4S2/c1-18-6-2-3-7-19(18)16-33-28(32)30-26-22-8-4-5-9-23(22)34-24(26)11-10-21-14-20-15-25(36-27(20)35-21)29(17-31)12-13-29/h2-9,14-15,31H,12-13,16-17H2,1H3,(H,30,32). The average Bonchev–Trinajstić information content (AvgIpc) is 3.26. The van der Waals surface area contributed by atoms with E-state index in [0.717, 1.165) is 39.6 Å². The van der Waals surface area contributed by atoms with Crippen molar-refractivity contribution in [1.29, 1.82) is 0 Å². The number of carbonyl (C=O) groups excluding carboxylic acids is 1. The van der Waals surface area contributed by atoms with Crippen molar-refractivity contribution in [1.82, 2.24) is 0 Å². The van der Waals surface area contributed by atoms with Crippen molar-refractivity contribution in [2.45, 2.75) is 31.8 Å². The Hall–Kier alpha value is -3.57. The summed E-state index contributed by atoms with van der Waals surface area (Å²) in [6, 6.07) is 19.6. The summed E-state index contributed by atoms with van der Waals surface area (Å²) in [7, 11) is 0. The van der Waals surface area contributed by atoms with Crippen molar-refractivity contribution in [3.63, 3.8) is 0 Å². The van der Waals surface area contributed by atoms with E-state index in [9.17, 15) is 9.90 Å². The third kappa shape index (κ3) is 4.28. The Kier molecular flexibility index (Phi) is 5.81. The fourth-order valence-corrected chi connectivity index (χ4v) is 6.76. The zero-order valence-corrected chi connectivity index (χ0v) is 21.2. The van der Waals surface area contributed by atoms with Crippen LogP contribution < -0.4 is 5.32 Å². The Morgan fingerprint density at radius 3 is 2.69 bits per heavy atom. The maximum absolute atomic E-state index is 12.7. The number of nitrogens with one attached hydrogen (secondary N) is 1. The lowest BCUT2D eigenvalue weighted by atomic mass is 10.1. The number of hydrogen-bond acceptors (Lipinski definition) is 6. The number of aliphatic hydroxyl groups is 1. The van der Waals surface area contributed by atoms with Gasteiger partial charge in [-0.2, -0.15) is 0 Å². The fraction of sp³-hybridized carbons (Fsp3) is 0.207. The van der Waals surface area contributed by atoms with Gasteiger partial charge in [-0.1, -0.05) is 36.4 Å². The SMILES string of the molecule is Cc1ccccc1COC(=O)Nc1c(C#Cc2cc3cc(C4(CO)CC4)sc3s2)oc2ccccc12. The number of anilines is 1. The number of ether oxygens (including phenoxy) is 1. The number of benzene rings is 2. The Bertz CT molecular complexity index is 1630. The van der Waals surface area contributed by atoms with Gasteiger partial charge in [0.15, 0.2) is 0 Å². The maximum Gasteiger partial charge on any atom is 0.412 e. The number of hydrogen-bond donors (Lipinski definition) is 2. The minimum absolute atomic E-state index is 0.0160. The molecule has 1 aliphatic rings. The van der Waals surface area contributed by atoms with Gasteiger partial charge >= 0.3 is 6.09 Å². The van der Waals surface area contributed by atoms with Crippen LogP contribution in [0.5, 0.6) is 0 Å². The molecule has 0 aliphatic heterocycles. The van der Waals surface area contributed by atoms with Crippen LogP contribution in [0.1, 0.15) is 39.5 Å². The van der Waals surface area contributed by atoms with Crippen LogP contribution in [0, 0.1) is 18.8 Å². The summed E-state index contributed by atoms with van der Waals surface area (Å²) in [5.41, 5.74) is 3.16. The molecular formula is C29H23NO4S2. The highest BCUT2D eigenvalue weighted by atomic mass is 32.2. The first-order valence-electron chi connectivity index (χ1n) is 11.7. The van der Waals surface area contributed by atoms with Gasteiger partial charge in [-0.05, 0) is 67.0 Å². The van der Waals surface area contributed by atoms with Gasteiger partial charge in [0.1, 0.15) is 17.9 Å². The van der Waals surface area contributed by atoms with Crippen molar-refractivity contribution >= 4 is 54.8 Å². The first-order chi connectivity index (χ1) is 17.5. The van der Waals surface area contributed by atoms with Crippen LogP contribution in [0.3, 0.4) is 0 Å². The number of aryl methyl sites for hydroxylation is 1. The highest BCUT2D eigenvalue weighted by Crippen LogP contribution is 2.52. The predicted molar refractivity (Wildman–Crippen MR) is 145 cm³/mol. The van der Waals surface area contributed by atoms with Gasteiger partial charge in [-0.3, -0.25) is 5.32 Å². The van der Waals surface area contributed by atoms with Crippen LogP contribution in [0.2, 0.25) is 0 Å². The number of carbonyl (C=O) groups is 1. The molecule has 0 bridgehead atoms. The lowest BCUT2D eigenvalue weighted by molar-refractivity contribution is 0.155. The Balaban J connectivity index is 1.25. The molecule has 0 unspecified atom stereocenters. The second kappa shape index (κ2) is 9.14. The molecule has 6 rings (SSSR count). The van der Waals surface area contributed by atoms with Gasteiger partial charge in [0.25, 0.3) is 0 Å². The van der Waals surface area contributed by atoms with E-state index in [1.54, 1.807) is 22.7 Å². The van der Waals surface area contributed by atoms with Crippen molar-refractivity contribution in [2.24, 2.45) is 0 Å². The lowest BCUT2D eigenvalue weighted by Gasteiger charge is -2.08. The number of rotatable bonds is 5. The van der Waals surface area contributed by atoms with Crippen molar-refractivity contribution in [3.05, 3.63) is 87.3 Å². The summed E-state index contributed by atoms with van der Waals surface area (Å²) >= 11 is 3.38. The number of fused-ring (bicyclic) bond motifs is 2. The molecule has 5 aromatic rings. The molecule has 1 saturated carbocycles.